The van der Waals surface area contributed by atoms with Crippen molar-refractivity contribution in [3.63, 3.8) is 0 Å². The van der Waals surface area contributed by atoms with Gasteiger partial charge in [0, 0.05) is 24.6 Å². The maximum Gasteiger partial charge on any atom is 0.278 e. The van der Waals surface area contributed by atoms with Gasteiger partial charge in [-0.15, -0.1) is 0 Å². The van der Waals surface area contributed by atoms with Crippen LogP contribution in [-0.2, 0) is 6.54 Å². The summed E-state index contributed by atoms with van der Waals surface area (Å²) in [4.78, 5) is 32.5. The second kappa shape index (κ2) is 8.63. The van der Waals surface area contributed by atoms with Crippen LogP contribution >= 0.6 is 0 Å². The zero-order chi connectivity index (χ0) is 19.9. The summed E-state index contributed by atoms with van der Waals surface area (Å²) in [7, 11) is 1.47. The van der Waals surface area contributed by atoms with Gasteiger partial charge < -0.3 is 20.5 Å². The summed E-state index contributed by atoms with van der Waals surface area (Å²) in [5, 5.41) is 15.2. The number of amides is 2. The Bertz CT molecular complexity index is 1010. The molecule has 0 aliphatic carbocycles. The Morgan fingerprint density at radius 1 is 1.00 bits per heavy atom. The lowest BCUT2D eigenvalue weighted by Gasteiger charge is -2.10. The zero-order valence-electron chi connectivity index (χ0n) is 15.0. The van der Waals surface area contributed by atoms with Crippen LogP contribution in [0.1, 0.15) is 26.5 Å². The van der Waals surface area contributed by atoms with Crippen LogP contribution in [0.4, 0.5) is 5.69 Å². The van der Waals surface area contributed by atoms with Crippen LogP contribution in [0.25, 0.3) is 0 Å². The zero-order valence-corrected chi connectivity index (χ0v) is 15.0. The van der Waals surface area contributed by atoms with Gasteiger partial charge in [-0.25, -0.2) is 9.97 Å². The fraction of sp³-hybridized carbons (Fsp3) is 0.100. The van der Waals surface area contributed by atoms with Gasteiger partial charge in [-0.3, -0.25) is 9.59 Å². The third-order valence-corrected chi connectivity index (χ3v) is 3.85. The SMILES string of the molecule is COc1cccnc1C(=O)NCc1cccc(NC(=O)c2ncccc2O)c1. The van der Waals surface area contributed by atoms with Crippen molar-refractivity contribution in [3.05, 3.63) is 77.9 Å². The molecule has 0 radical (unpaired) electrons. The van der Waals surface area contributed by atoms with Crippen molar-refractivity contribution in [2.45, 2.75) is 6.54 Å². The van der Waals surface area contributed by atoms with Crippen LogP contribution in [-0.4, -0.2) is 34.0 Å². The molecule has 8 nitrogen and oxygen atoms in total. The predicted molar refractivity (Wildman–Crippen MR) is 102 cm³/mol. The van der Waals surface area contributed by atoms with Crippen molar-refractivity contribution >= 4 is 17.5 Å². The van der Waals surface area contributed by atoms with E-state index in [2.05, 4.69) is 20.6 Å². The standard InChI is InChI=1S/C20H18N4O4/c1-28-16-8-4-10-22-18(16)19(26)23-12-13-5-2-6-14(11-13)24-20(27)17-15(25)7-3-9-21-17/h2-11,25H,12H2,1H3,(H,23,26)(H,24,27). The molecule has 2 amide bonds. The van der Waals surface area contributed by atoms with E-state index in [-0.39, 0.29) is 29.6 Å². The van der Waals surface area contributed by atoms with Crippen molar-refractivity contribution in [2.75, 3.05) is 12.4 Å². The molecule has 3 rings (SSSR count). The topological polar surface area (TPSA) is 113 Å². The van der Waals surface area contributed by atoms with Crippen LogP contribution < -0.4 is 15.4 Å². The molecule has 0 aliphatic rings. The second-order valence-electron chi connectivity index (χ2n) is 5.76. The molecule has 2 heterocycles. The van der Waals surface area contributed by atoms with Gasteiger partial charge in [0.2, 0.25) is 0 Å². The van der Waals surface area contributed by atoms with Crippen LogP contribution in [0.15, 0.2) is 60.9 Å². The third kappa shape index (κ3) is 4.42. The number of rotatable bonds is 6. The van der Waals surface area contributed by atoms with Crippen LogP contribution in [0, 0.1) is 0 Å². The number of carbonyl (C=O) groups is 2. The smallest absolute Gasteiger partial charge is 0.278 e. The molecule has 0 atom stereocenters. The van der Waals surface area contributed by atoms with Gasteiger partial charge in [0.1, 0.15) is 11.5 Å². The van der Waals surface area contributed by atoms with E-state index in [0.29, 0.717) is 11.4 Å². The van der Waals surface area contributed by atoms with Gasteiger partial charge >= 0.3 is 0 Å². The number of ether oxygens (including phenoxy) is 1. The Balaban J connectivity index is 1.66. The van der Waals surface area contributed by atoms with E-state index in [1.807, 2.05) is 6.07 Å². The lowest BCUT2D eigenvalue weighted by Crippen LogP contribution is -2.24. The molecule has 142 valence electrons. The first kappa shape index (κ1) is 18.8. The first-order valence-electron chi connectivity index (χ1n) is 8.40. The van der Waals surface area contributed by atoms with Crippen LogP contribution in [0.5, 0.6) is 11.5 Å². The van der Waals surface area contributed by atoms with Crippen molar-refractivity contribution in [1.29, 1.82) is 0 Å². The third-order valence-electron chi connectivity index (χ3n) is 3.85. The van der Waals surface area contributed by atoms with E-state index in [1.165, 1.54) is 31.6 Å². The molecule has 0 unspecified atom stereocenters. The van der Waals surface area contributed by atoms with Gasteiger partial charge in [0.05, 0.1) is 7.11 Å². The molecule has 0 saturated carbocycles. The van der Waals surface area contributed by atoms with E-state index in [0.717, 1.165) is 5.56 Å². The largest absolute Gasteiger partial charge is 0.505 e. The molecule has 1 aromatic carbocycles. The number of nitrogens with one attached hydrogen (secondary N) is 2. The first-order chi connectivity index (χ1) is 13.6. The lowest BCUT2D eigenvalue weighted by molar-refractivity contribution is 0.0941. The lowest BCUT2D eigenvalue weighted by atomic mass is 10.2. The van der Waals surface area contributed by atoms with Crippen molar-refractivity contribution < 1.29 is 19.4 Å². The van der Waals surface area contributed by atoms with Crippen LogP contribution in [0.3, 0.4) is 0 Å². The van der Waals surface area contributed by atoms with Gasteiger partial charge in [-0.05, 0) is 42.0 Å². The van der Waals surface area contributed by atoms with Crippen molar-refractivity contribution in [2.24, 2.45) is 0 Å². The molecular formula is C20H18N4O4. The van der Waals surface area contributed by atoms with E-state index < -0.39 is 5.91 Å². The summed E-state index contributed by atoms with van der Waals surface area (Å²) in [6.07, 6.45) is 2.94. The molecule has 3 N–H and O–H groups in total. The van der Waals surface area contributed by atoms with E-state index in [9.17, 15) is 14.7 Å². The Labute approximate surface area is 161 Å². The van der Waals surface area contributed by atoms with Gasteiger partial charge in [0.25, 0.3) is 11.8 Å². The summed E-state index contributed by atoms with van der Waals surface area (Å²) >= 11 is 0. The Morgan fingerprint density at radius 2 is 1.75 bits per heavy atom. The summed E-state index contributed by atoms with van der Waals surface area (Å²) in [5.41, 5.74) is 1.41. The number of aromatic nitrogens is 2. The molecule has 8 heteroatoms. The minimum atomic E-state index is -0.530. The number of methoxy groups -OCH3 is 1. The van der Waals surface area contributed by atoms with E-state index in [1.54, 1.807) is 30.3 Å². The summed E-state index contributed by atoms with van der Waals surface area (Å²) in [6.45, 7) is 0.233. The van der Waals surface area contributed by atoms with Crippen LogP contribution in [0.2, 0.25) is 0 Å². The molecule has 28 heavy (non-hydrogen) atoms. The number of hydrogen-bond acceptors (Lipinski definition) is 6. The highest BCUT2D eigenvalue weighted by atomic mass is 16.5. The first-order valence-corrected chi connectivity index (χ1v) is 8.40. The molecule has 0 fully saturated rings. The molecule has 0 aliphatic heterocycles. The fourth-order valence-corrected chi connectivity index (χ4v) is 2.51. The molecule has 0 saturated heterocycles. The highest BCUT2D eigenvalue weighted by molar-refractivity contribution is 6.04. The van der Waals surface area contributed by atoms with Crippen molar-refractivity contribution in [3.8, 4) is 11.5 Å². The predicted octanol–water partition coefficient (Wildman–Crippen LogP) is 2.37. The molecule has 0 spiro atoms. The van der Waals surface area contributed by atoms with E-state index in [4.69, 9.17) is 4.74 Å². The molecule has 0 bridgehead atoms. The molecule has 3 aromatic rings. The normalized spacial score (nSPS) is 10.2. The average Bonchev–Trinajstić information content (AvgIpc) is 2.72. The fourth-order valence-electron chi connectivity index (χ4n) is 2.51. The number of hydrogen-bond donors (Lipinski definition) is 3. The summed E-state index contributed by atoms with van der Waals surface area (Å²) < 4.78 is 5.14. The van der Waals surface area contributed by atoms with E-state index >= 15 is 0 Å². The number of nitrogens with zero attached hydrogens (tertiary/aromatic N) is 2. The highest BCUT2D eigenvalue weighted by Gasteiger charge is 2.14. The monoisotopic (exact) mass is 378 g/mol. The average molecular weight is 378 g/mol. The highest BCUT2D eigenvalue weighted by Crippen LogP contribution is 2.17. The quantitative estimate of drug-likeness (QED) is 0.607. The van der Waals surface area contributed by atoms with Crippen molar-refractivity contribution in [1.82, 2.24) is 15.3 Å². The number of benzene rings is 1. The van der Waals surface area contributed by atoms with Gasteiger partial charge in [0.15, 0.2) is 11.4 Å². The minimum absolute atomic E-state index is 0.0662. The minimum Gasteiger partial charge on any atom is -0.505 e. The molecular weight excluding hydrogens is 360 g/mol. The number of pyridine rings is 2. The Hall–Kier alpha value is -3.94. The van der Waals surface area contributed by atoms with Gasteiger partial charge in [-0.1, -0.05) is 12.1 Å². The Kier molecular flexibility index (Phi) is 5.81. The summed E-state index contributed by atoms with van der Waals surface area (Å²) in [6, 6.07) is 13.2. The number of aromatic hydroxyl groups is 1. The number of carbonyl (C=O) groups excluding carboxylic acids is 2. The maximum atomic E-state index is 12.3. The summed E-state index contributed by atoms with van der Waals surface area (Å²) in [5.74, 6) is -0.716. The van der Waals surface area contributed by atoms with Gasteiger partial charge in [-0.2, -0.15) is 0 Å². The number of anilines is 1. The maximum absolute atomic E-state index is 12.3. The second-order valence-corrected chi connectivity index (χ2v) is 5.76. The Morgan fingerprint density at radius 3 is 2.50 bits per heavy atom. The molecule has 2 aromatic heterocycles.